The largest absolute Gasteiger partial charge is 0.338 e. The van der Waals surface area contributed by atoms with Crippen molar-refractivity contribution in [3.8, 4) is 6.07 Å². The maximum Gasteiger partial charge on any atom is 0.144 e. The Bertz CT molecular complexity index is 638. The number of pyridine rings is 1. The molecule has 1 aromatic carbocycles. The summed E-state index contributed by atoms with van der Waals surface area (Å²) in [5.41, 5.74) is 0.737. The molecular formula is C12H6Br2FN3. The van der Waals surface area contributed by atoms with Crippen LogP contribution in [0.25, 0.3) is 0 Å². The van der Waals surface area contributed by atoms with Gasteiger partial charge in [-0.05, 0) is 56.1 Å². The van der Waals surface area contributed by atoms with Crippen molar-refractivity contribution in [2.45, 2.75) is 0 Å². The maximum absolute atomic E-state index is 13.0. The summed E-state index contributed by atoms with van der Waals surface area (Å²) in [7, 11) is 0. The summed E-state index contributed by atoms with van der Waals surface area (Å²) in [6.45, 7) is 0. The molecule has 0 radical (unpaired) electrons. The van der Waals surface area contributed by atoms with Crippen molar-refractivity contribution in [3.05, 3.63) is 50.8 Å². The van der Waals surface area contributed by atoms with Gasteiger partial charge in [0.25, 0.3) is 0 Å². The molecule has 2 rings (SSSR count). The van der Waals surface area contributed by atoms with Gasteiger partial charge in [-0.2, -0.15) is 5.26 Å². The van der Waals surface area contributed by atoms with Gasteiger partial charge in [0.15, 0.2) is 0 Å². The first-order valence-electron chi connectivity index (χ1n) is 4.88. The number of nitrogens with one attached hydrogen (secondary N) is 1. The summed E-state index contributed by atoms with van der Waals surface area (Å²) < 4.78 is 14.6. The molecule has 18 heavy (non-hydrogen) atoms. The van der Waals surface area contributed by atoms with E-state index in [-0.39, 0.29) is 5.56 Å². The van der Waals surface area contributed by atoms with Gasteiger partial charge in [0.1, 0.15) is 17.7 Å². The number of nitrogens with zero attached hydrogens (tertiary/aromatic N) is 2. The van der Waals surface area contributed by atoms with E-state index < -0.39 is 5.82 Å². The molecule has 0 bridgehead atoms. The van der Waals surface area contributed by atoms with Gasteiger partial charge >= 0.3 is 0 Å². The highest BCUT2D eigenvalue weighted by molar-refractivity contribution is 9.11. The lowest BCUT2D eigenvalue weighted by molar-refractivity contribution is 0.627. The maximum atomic E-state index is 13.0. The molecule has 1 heterocycles. The quantitative estimate of drug-likeness (QED) is 0.854. The number of nitriles is 1. The van der Waals surface area contributed by atoms with E-state index >= 15 is 0 Å². The van der Waals surface area contributed by atoms with Gasteiger partial charge in [0.05, 0.1) is 15.7 Å². The van der Waals surface area contributed by atoms with Gasteiger partial charge in [0.2, 0.25) is 0 Å². The minimum absolute atomic E-state index is 0.228. The summed E-state index contributed by atoms with van der Waals surface area (Å²) in [4.78, 5) is 4.16. The Morgan fingerprint density at radius 1 is 1.28 bits per heavy atom. The number of rotatable bonds is 2. The Morgan fingerprint density at radius 3 is 2.72 bits per heavy atom. The number of anilines is 2. The topological polar surface area (TPSA) is 48.7 Å². The Morgan fingerprint density at radius 2 is 2.06 bits per heavy atom. The van der Waals surface area contributed by atoms with Crippen LogP contribution in [0.5, 0.6) is 0 Å². The predicted molar refractivity (Wildman–Crippen MR) is 74.0 cm³/mol. The molecule has 0 amide bonds. The summed E-state index contributed by atoms with van der Waals surface area (Å²) in [6.07, 6.45) is 1.63. The summed E-state index contributed by atoms with van der Waals surface area (Å²) in [6, 6.07) is 7.72. The van der Waals surface area contributed by atoms with Crippen LogP contribution in [0, 0.1) is 17.1 Å². The molecule has 0 fully saturated rings. The van der Waals surface area contributed by atoms with Crippen LogP contribution < -0.4 is 5.32 Å². The number of aromatic nitrogens is 1. The zero-order valence-electron chi connectivity index (χ0n) is 8.92. The average Bonchev–Trinajstić information content (AvgIpc) is 2.34. The van der Waals surface area contributed by atoms with Crippen molar-refractivity contribution < 1.29 is 4.39 Å². The highest BCUT2D eigenvalue weighted by Crippen LogP contribution is 2.27. The second-order valence-electron chi connectivity index (χ2n) is 3.41. The van der Waals surface area contributed by atoms with Crippen molar-refractivity contribution in [2.24, 2.45) is 0 Å². The van der Waals surface area contributed by atoms with Crippen LogP contribution in [0.15, 0.2) is 39.4 Å². The number of hydrogen-bond acceptors (Lipinski definition) is 3. The molecule has 0 saturated heterocycles. The molecule has 0 saturated carbocycles. The standard InChI is InChI=1S/C12H6Br2FN3/c13-8-4-10(14)12(17-6-8)18-11-2-1-9(15)3-7(11)5-16/h1-4,6H,(H,17,18). The third kappa shape index (κ3) is 2.86. The fourth-order valence-electron chi connectivity index (χ4n) is 1.35. The predicted octanol–water partition coefficient (Wildman–Crippen LogP) is 4.36. The lowest BCUT2D eigenvalue weighted by Crippen LogP contribution is -1.97. The summed E-state index contributed by atoms with van der Waals surface area (Å²) in [5, 5.41) is 11.9. The molecule has 0 unspecified atom stereocenters. The van der Waals surface area contributed by atoms with Crippen LogP contribution in [0.3, 0.4) is 0 Å². The first-order valence-corrected chi connectivity index (χ1v) is 6.46. The summed E-state index contributed by atoms with van der Waals surface area (Å²) >= 11 is 6.65. The van der Waals surface area contributed by atoms with E-state index in [4.69, 9.17) is 5.26 Å². The number of benzene rings is 1. The van der Waals surface area contributed by atoms with Gasteiger partial charge in [-0.1, -0.05) is 0 Å². The van der Waals surface area contributed by atoms with E-state index in [0.29, 0.717) is 11.5 Å². The number of halogens is 3. The molecule has 0 aliphatic heterocycles. The second-order valence-corrected chi connectivity index (χ2v) is 5.18. The third-order valence-corrected chi connectivity index (χ3v) is 3.20. The van der Waals surface area contributed by atoms with Crippen LogP contribution in [-0.4, -0.2) is 4.98 Å². The molecule has 6 heteroatoms. The molecule has 0 aliphatic rings. The highest BCUT2D eigenvalue weighted by atomic mass is 79.9. The second kappa shape index (κ2) is 5.46. The van der Waals surface area contributed by atoms with Crippen LogP contribution in [0.2, 0.25) is 0 Å². The molecule has 0 aliphatic carbocycles. The van der Waals surface area contributed by atoms with Crippen LogP contribution >= 0.6 is 31.9 Å². The van der Waals surface area contributed by atoms with E-state index in [1.165, 1.54) is 18.2 Å². The molecular weight excluding hydrogens is 365 g/mol. The van der Waals surface area contributed by atoms with Crippen molar-refractivity contribution in [1.29, 1.82) is 5.26 Å². The lowest BCUT2D eigenvalue weighted by atomic mass is 10.2. The molecule has 90 valence electrons. The zero-order chi connectivity index (χ0) is 13.1. The average molecular weight is 371 g/mol. The highest BCUT2D eigenvalue weighted by Gasteiger charge is 2.07. The first kappa shape index (κ1) is 13.0. The van der Waals surface area contributed by atoms with E-state index in [1.807, 2.05) is 12.1 Å². The smallest absolute Gasteiger partial charge is 0.144 e. The lowest BCUT2D eigenvalue weighted by Gasteiger charge is -2.09. The SMILES string of the molecule is N#Cc1cc(F)ccc1Nc1ncc(Br)cc1Br. The van der Waals surface area contributed by atoms with Crippen molar-refractivity contribution >= 4 is 43.4 Å². The molecule has 2 aromatic rings. The monoisotopic (exact) mass is 369 g/mol. The van der Waals surface area contributed by atoms with Gasteiger partial charge < -0.3 is 5.32 Å². The fraction of sp³-hybridized carbons (Fsp3) is 0. The van der Waals surface area contributed by atoms with Crippen molar-refractivity contribution in [1.82, 2.24) is 4.98 Å². The minimum Gasteiger partial charge on any atom is -0.338 e. The third-order valence-electron chi connectivity index (χ3n) is 2.16. The van der Waals surface area contributed by atoms with Gasteiger partial charge in [-0.3, -0.25) is 0 Å². The summed E-state index contributed by atoms with van der Waals surface area (Å²) in [5.74, 6) is 0.112. The molecule has 0 spiro atoms. The normalized spacial score (nSPS) is 9.89. The Labute approximate surface area is 120 Å². The molecule has 1 aromatic heterocycles. The minimum atomic E-state index is -0.445. The zero-order valence-corrected chi connectivity index (χ0v) is 12.1. The van der Waals surface area contributed by atoms with E-state index in [9.17, 15) is 4.39 Å². The van der Waals surface area contributed by atoms with Crippen LogP contribution in [-0.2, 0) is 0 Å². The van der Waals surface area contributed by atoms with Gasteiger partial charge in [0, 0.05) is 10.7 Å². The number of hydrogen-bond donors (Lipinski definition) is 1. The van der Waals surface area contributed by atoms with E-state index in [2.05, 4.69) is 42.2 Å². The van der Waals surface area contributed by atoms with Gasteiger partial charge in [-0.25, -0.2) is 9.37 Å². The Hall–Kier alpha value is -1.45. The van der Waals surface area contributed by atoms with Crippen LogP contribution in [0.1, 0.15) is 5.56 Å². The molecule has 0 atom stereocenters. The Kier molecular flexibility index (Phi) is 3.94. The van der Waals surface area contributed by atoms with Crippen LogP contribution in [0.4, 0.5) is 15.9 Å². The van der Waals surface area contributed by atoms with E-state index in [0.717, 1.165) is 8.95 Å². The van der Waals surface area contributed by atoms with E-state index in [1.54, 1.807) is 6.20 Å². The molecule has 1 N–H and O–H groups in total. The molecule has 3 nitrogen and oxygen atoms in total. The van der Waals surface area contributed by atoms with Crippen molar-refractivity contribution in [3.63, 3.8) is 0 Å². The fourth-order valence-corrected chi connectivity index (χ4v) is 2.44. The van der Waals surface area contributed by atoms with Gasteiger partial charge in [-0.15, -0.1) is 0 Å². The first-order chi connectivity index (χ1) is 8.60. The van der Waals surface area contributed by atoms with Crippen molar-refractivity contribution in [2.75, 3.05) is 5.32 Å². The Balaban J connectivity index is 2.37.